The van der Waals surface area contributed by atoms with E-state index in [4.69, 9.17) is 0 Å². The highest BCUT2D eigenvalue weighted by molar-refractivity contribution is 5.94. The summed E-state index contributed by atoms with van der Waals surface area (Å²) < 4.78 is 26.5. The van der Waals surface area contributed by atoms with Crippen LogP contribution in [-0.4, -0.2) is 47.3 Å². The molecule has 0 saturated carbocycles. The lowest BCUT2D eigenvalue weighted by atomic mass is 10.1. The first-order chi connectivity index (χ1) is 9.40. The number of piperazine rings is 1. The van der Waals surface area contributed by atoms with Crippen LogP contribution in [0.2, 0.25) is 0 Å². The van der Waals surface area contributed by atoms with Crippen LogP contribution in [0.25, 0.3) is 0 Å². The van der Waals surface area contributed by atoms with Crippen LogP contribution in [0.4, 0.5) is 8.78 Å². The van der Waals surface area contributed by atoms with Crippen molar-refractivity contribution in [1.82, 2.24) is 9.80 Å². The molecule has 1 aromatic rings. The van der Waals surface area contributed by atoms with Gasteiger partial charge in [0.2, 0.25) is 5.91 Å². The predicted octanol–water partition coefficient (Wildman–Crippen LogP) is 1.66. The SMILES string of the molecule is CC(=O)N1CCN(C(=O)c2ccc(F)cc2F)[C@H](C)C1. The number of nitrogens with zero attached hydrogens (tertiary/aromatic N) is 2. The molecule has 6 heteroatoms. The van der Waals surface area contributed by atoms with Crippen molar-refractivity contribution in [2.24, 2.45) is 0 Å². The Bertz CT molecular complexity index is 548. The molecule has 1 aliphatic rings. The molecule has 20 heavy (non-hydrogen) atoms. The van der Waals surface area contributed by atoms with Gasteiger partial charge in [-0.3, -0.25) is 9.59 Å². The van der Waals surface area contributed by atoms with Crippen molar-refractivity contribution in [3.8, 4) is 0 Å². The molecule has 1 aromatic carbocycles. The molecule has 1 heterocycles. The van der Waals surface area contributed by atoms with Gasteiger partial charge in [-0.1, -0.05) is 0 Å². The Kier molecular flexibility index (Phi) is 4.01. The van der Waals surface area contributed by atoms with Crippen LogP contribution >= 0.6 is 0 Å². The van der Waals surface area contributed by atoms with E-state index in [1.165, 1.54) is 11.8 Å². The molecule has 1 atom stereocenters. The van der Waals surface area contributed by atoms with Gasteiger partial charge in [-0.2, -0.15) is 0 Å². The second-order valence-electron chi connectivity index (χ2n) is 4.94. The molecule has 0 spiro atoms. The van der Waals surface area contributed by atoms with Crippen molar-refractivity contribution in [2.75, 3.05) is 19.6 Å². The zero-order chi connectivity index (χ0) is 14.9. The molecule has 2 rings (SSSR count). The lowest BCUT2D eigenvalue weighted by Crippen LogP contribution is -2.55. The lowest BCUT2D eigenvalue weighted by molar-refractivity contribution is -0.131. The number of amides is 2. The normalized spacial score (nSPS) is 19.1. The van der Waals surface area contributed by atoms with Crippen molar-refractivity contribution in [3.05, 3.63) is 35.4 Å². The molecular weight excluding hydrogens is 266 g/mol. The highest BCUT2D eigenvalue weighted by Crippen LogP contribution is 2.17. The molecule has 0 aliphatic carbocycles. The molecule has 1 saturated heterocycles. The number of carbonyl (C=O) groups excluding carboxylic acids is 2. The zero-order valence-electron chi connectivity index (χ0n) is 11.4. The van der Waals surface area contributed by atoms with Crippen molar-refractivity contribution in [2.45, 2.75) is 19.9 Å². The summed E-state index contributed by atoms with van der Waals surface area (Å²) in [5, 5.41) is 0. The van der Waals surface area contributed by atoms with Crippen LogP contribution in [0.1, 0.15) is 24.2 Å². The van der Waals surface area contributed by atoms with Gasteiger partial charge >= 0.3 is 0 Å². The summed E-state index contributed by atoms with van der Waals surface area (Å²) >= 11 is 0. The minimum absolute atomic E-state index is 0.0445. The number of hydrogen-bond acceptors (Lipinski definition) is 2. The predicted molar refractivity (Wildman–Crippen MR) is 69.1 cm³/mol. The molecule has 0 N–H and O–H groups in total. The third-order valence-electron chi connectivity index (χ3n) is 3.50. The van der Waals surface area contributed by atoms with E-state index in [1.807, 2.05) is 0 Å². The first-order valence-electron chi connectivity index (χ1n) is 6.41. The summed E-state index contributed by atoms with van der Waals surface area (Å²) in [5.74, 6) is -2.10. The number of halogens is 2. The topological polar surface area (TPSA) is 40.6 Å². The molecule has 0 unspecified atom stereocenters. The Morgan fingerprint density at radius 2 is 1.95 bits per heavy atom. The van der Waals surface area contributed by atoms with Crippen LogP contribution in [0.15, 0.2) is 18.2 Å². The van der Waals surface area contributed by atoms with E-state index in [1.54, 1.807) is 11.8 Å². The maximum Gasteiger partial charge on any atom is 0.257 e. The summed E-state index contributed by atoms with van der Waals surface area (Å²) in [7, 11) is 0. The van der Waals surface area contributed by atoms with E-state index in [9.17, 15) is 18.4 Å². The zero-order valence-corrected chi connectivity index (χ0v) is 11.4. The monoisotopic (exact) mass is 282 g/mol. The summed E-state index contributed by atoms with van der Waals surface area (Å²) in [5.41, 5.74) is -0.144. The first-order valence-corrected chi connectivity index (χ1v) is 6.41. The van der Waals surface area contributed by atoms with Crippen molar-refractivity contribution in [1.29, 1.82) is 0 Å². The minimum atomic E-state index is -0.865. The van der Waals surface area contributed by atoms with Gasteiger partial charge in [0.15, 0.2) is 0 Å². The fraction of sp³-hybridized carbons (Fsp3) is 0.429. The summed E-state index contributed by atoms with van der Waals surface area (Å²) in [4.78, 5) is 26.7. The number of benzene rings is 1. The van der Waals surface area contributed by atoms with E-state index >= 15 is 0 Å². The average Bonchev–Trinajstić information content (AvgIpc) is 2.37. The van der Waals surface area contributed by atoms with E-state index in [0.29, 0.717) is 25.7 Å². The fourth-order valence-corrected chi connectivity index (χ4v) is 2.36. The Morgan fingerprint density at radius 3 is 2.50 bits per heavy atom. The Labute approximate surface area is 116 Å². The molecule has 2 amide bonds. The second-order valence-corrected chi connectivity index (χ2v) is 4.94. The van der Waals surface area contributed by atoms with Gasteiger partial charge in [-0.15, -0.1) is 0 Å². The maximum absolute atomic E-state index is 13.6. The van der Waals surface area contributed by atoms with Crippen molar-refractivity contribution in [3.63, 3.8) is 0 Å². The molecule has 0 bridgehead atoms. The fourth-order valence-electron chi connectivity index (χ4n) is 2.36. The smallest absolute Gasteiger partial charge is 0.257 e. The van der Waals surface area contributed by atoms with Gasteiger partial charge < -0.3 is 9.80 Å². The Balaban J connectivity index is 2.16. The minimum Gasteiger partial charge on any atom is -0.339 e. The molecule has 108 valence electrons. The molecule has 4 nitrogen and oxygen atoms in total. The quantitative estimate of drug-likeness (QED) is 0.786. The summed E-state index contributed by atoms with van der Waals surface area (Å²) in [6.45, 7) is 4.47. The van der Waals surface area contributed by atoms with E-state index < -0.39 is 17.5 Å². The second kappa shape index (κ2) is 5.56. The standard InChI is InChI=1S/C14H16F2N2O2/c1-9-8-17(10(2)19)5-6-18(9)14(20)12-4-3-11(15)7-13(12)16/h3-4,7,9H,5-6,8H2,1-2H3/t9-/m1/s1. The van der Waals surface area contributed by atoms with Gasteiger partial charge in [-0.25, -0.2) is 8.78 Å². The number of carbonyl (C=O) groups is 2. The Morgan fingerprint density at radius 1 is 1.25 bits per heavy atom. The number of hydrogen-bond donors (Lipinski definition) is 0. The highest BCUT2D eigenvalue weighted by Gasteiger charge is 2.30. The highest BCUT2D eigenvalue weighted by atomic mass is 19.1. The average molecular weight is 282 g/mol. The van der Waals surface area contributed by atoms with Gasteiger partial charge in [0.05, 0.1) is 5.56 Å². The van der Waals surface area contributed by atoms with Crippen LogP contribution in [-0.2, 0) is 4.79 Å². The third kappa shape index (κ3) is 2.79. The van der Waals surface area contributed by atoms with E-state index in [2.05, 4.69) is 0 Å². The largest absolute Gasteiger partial charge is 0.339 e. The van der Waals surface area contributed by atoms with Gasteiger partial charge in [0.1, 0.15) is 11.6 Å². The van der Waals surface area contributed by atoms with Crippen molar-refractivity contribution >= 4 is 11.8 Å². The van der Waals surface area contributed by atoms with E-state index in [0.717, 1.165) is 12.1 Å². The molecule has 1 aliphatic heterocycles. The van der Waals surface area contributed by atoms with Crippen LogP contribution < -0.4 is 0 Å². The van der Waals surface area contributed by atoms with Crippen LogP contribution in [0, 0.1) is 11.6 Å². The van der Waals surface area contributed by atoms with Gasteiger partial charge in [0, 0.05) is 38.7 Å². The molecule has 1 fully saturated rings. The van der Waals surface area contributed by atoms with Gasteiger partial charge in [0.25, 0.3) is 5.91 Å². The van der Waals surface area contributed by atoms with Crippen LogP contribution in [0.3, 0.4) is 0 Å². The summed E-state index contributed by atoms with van der Waals surface area (Å²) in [6, 6.07) is 2.71. The third-order valence-corrected chi connectivity index (χ3v) is 3.50. The lowest BCUT2D eigenvalue weighted by Gasteiger charge is -2.39. The van der Waals surface area contributed by atoms with Crippen LogP contribution in [0.5, 0.6) is 0 Å². The molecule has 0 aromatic heterocycles. The molecule has 0 radical (unpaired) electrons. The maximum atomic E-state index is 13.6. The van der Waals surface area contributed by atoms with E-state index in [-0.39, 0.29) is 17.5 Å². The number of rotatable bonds is 1. The summed E-state index contributed by atoms with van der Waals surface area (Å²) in [6.07, 6.45) is 0. The molecular formula is C14H16F2N2O2. The first kappa shape index (κ1) is 14.4. The Hall–Kier alpha value is -1.98. The van der Waals surface area contributed by atoms with Crippen molar-refractivity contribution < 1.29 is 18.4 Å². The van der Waals surface area contributed by atoms with Gasteiger partial charge in [-0.05, 0) is 19.1 Å².